The van der Waals surface area contributed by atoms with Crippen molar-refractivity contribution >= 4 is 34.7 Å². The number of aryl methyl sites for hydroxylation is 2. The Morgan fingerprint density at radius 1 is 1.21 bits per heavy atom. The number of benzene rings is 2. The van der Waals surface area contributed by atoms with E-state index in [2.05, 4.69) is 10.5 Å². The first-order valence-corrected chi connectivity index (χ1v) is 7.64. The molecule has 0 aliphatic heterocycles. The van der Waals surface area contributed by atoms with Gasteiger partial charge in [0.1, 0.15) is 11.3 Å². The molecule has 2 aromatic carbocycles. The van der Waals surface area contributed by atoms with Gasteiger partial charge in [0.25, 0.3) is 0 Å². The van der Waals surface area contributed by atoms with Gasteiger partial charge in [0, 0.05) is 10.4 Å². The first-order chi connectivity index (χ1) is 11.4. The van der Waals surface area contributed by atoms with Crippen molar-refractivity contribution in [2.24, 2.45) is 5.10 Å². The van der Waals surface area contributed by atoms with Crippen LogP contribution < -0.4 is 5.43 Å². The Balaban J connectivity index is 1.74. The maximum absolute atomic E-state index is 12.1. The monoisotopic (exact) mass is 342 g/mol. The number of amides is 1. The van der Waals surface area contributed by atoms with Crippen LogP contribution in [0.5, 0.6) is 5.75 Å². The summed E-state index contributed by atoms with van der Waals surface area (Å²) >= 11 is 5.91. The number of aromatic hydroxyl groups is 1. The number of carbonyl (C=O) groups excluding carboxylic acids is 1. The van der Waals surface area contributed by atoms with Crippen LogP contribution in [-0.4, -0.2) is 17.2 Å². The standard InChI is InChI=1S/C18H15ClN2O3/c1-10-5-12(6-11(2)17(10)22)9-20-21-18(23)16-8-13-7-14(19)3-4-15(13)24-16/h3-9,22H,1-2H3,(H,21,23)/b20-9+. The summed E-state index contributed by atoms with van der Waals surface area (Å²) in [6.07, 6.45) is 1.51. The molecular formula is C18H15ClN2O3. The summed E-state index contributed by atoms with van der Waals surface area (Å²) in [5.41, 5.74) is 5.27. The van der Waals surface area contributed by atoms with Crippen molar-refractivity contribution in [1.82, 2.24) is 5.43 Å². The van der Waals surface area contributed by atoms with Crippen molar-refractivity contribution in [3.05, 3.63) is 63.9 Å². The third kappa shape index (κ3) is 3.26. The number of furan rings is 1. The van der Waals surface area contributed by atoms with Crippen LogP contribution in [0.1, 0.15) is 27.2 Å². The Kier molecular flexibility index (Phi) is 4.27. The van der Waals surface area contributed by atoms with Crippen LogP contribution in [0.25, 0.3) is 11.0 Å². The highest BCUT2D eigenvalue weighted by Gasteiger charge is 2.11. The molecule has 5 nitrogen and oxygen atoms in total. The molecule has 0 aliphatic rings. The van der Waals surface area contributed by atoms with E-state index in [1.54, 1.807) is 50.2 Å². The maximum atomic E-state index is 12.1. The van der Waals surface area contributed by atoms with E-state index in [0.29, 0.717) is 10.6 Å². The lowest BCUT2D eigenvalue weighted by molar-refractivity contribution is 0.0929. The van der Waals surface area contributed by atoms with Crippen molar-refractivity contribution < 1.29 is 14.3 Å². The Hall–Kier alpha value is -2.79. The van der Waals surface area contributed by atoms with Crippen LogP contribution in [0.3, 0.4) is 0 Å². The molecule has 0 unspecified atom stereocenters. The number of rotatable bonds is 3. The molecule has 6 heteroatoms. The average Bonchev–Trinajstić information content (AvgIpc) is 2.95. The second kappa shape index (κ2) is 6.37. The summed E-state index contributed by atoms with van der Waals surface area (Å²) in [4.78, 5) is 12.1. The number of nitrogens with one attached hydrogen (secondary N) is 1. The normalized spacial score (nSPS) is 11.3. The van der Waals surface area contributed by atoms with Gasteiger partial charge in [-0.05, 0) is 66.9 Å². The van der Waals surface area contributed by atoms with Crippen LogP contribution in [0.2, 0.25) is 5.02 Å². The van der Waals surface area contributed by atoms with Crippen LogP contribution >= 0.6 is 11.6 Å². The van der Waals surface area contributed by atoms with Gasteiger partial charge in [0.2, 0.25) is 0 Å². The molecule has 0 fully saturated rings. The Morgan fingerprint density at radius 3 is 2.62 bits per heavy atom. The SMILES string of the molecule is Cc1cc(/C=N/NC(=O)c2cc3cc(Cl)ccc3o2)cc(C)c1O. The van der Waals surface area contributed by atoms with Gasteiger partial charge in [0.15, 0.2) is 5.76 Å². The minimum absolute atomic E-state index is 0.155. The molecule has 24 heavy (non-hydrogen) atoms. The summed E-state index contributed by atoms with van der Waals surface area (Å²) in [5.74, 6) is -0.0367. The number of hydrogen-bond acceptors (Lipinski definition) is 4. The van der Waals surface area contributed by atoms with Gasteiger partial charge in [-0.2, -0.15) is 5.10 Å². The molecule has 0 spiro atoms. The van der Waals surface area contributed by atoms with Gasteiger partial charge in [0.05, 0.1) is 6.21 Å². The highest BCUT2D eigenvalue weighted by molar-refractivity contribution is 6.31. The Labute approximate surface area is 143 Å². The molecule has 0 saturated carbocycles. The zero-order chi connectivity index (χ0) is 17.3. The minimum atomic E-state index is -0.453. The van der Waals surface area contributed by atoms with E-state index in [4.69, 9.17) is 16.0 Å². The number of hydrogen-bond donors (Lipinski definition) is 2. The Morgan fingerprint density at radius 2 is 1.92 bits per heavy atom. The molecule has 0 atom stereocenters. The summed E-state index contributed by atoms with van der Waals surface area (Å²) < 4.78 is 5.46. The summed E-state index contributed by atoms with van der Waals surface area (Å²) in [5, 5.41) is 15.0. The molecule has 2 N–H and O–H groups in total. The first kappa shape index (κ1) is 16.1. The third-order valence-corrected chi connectivity index (χ3v) is 3.83. The summed E-state index contributed by atoms with van der Waals surface area (Å²) in [7, 11) is 0. The van der Waals surface area contributed by atoms with Crippen molar-refractivity contribution in [2.45, 2.75) is 13.8 Å². The number of phenols is 1. The molecule has 1 heterocycles. The zero-order valence-electron chi connectivity index (χ0n) is 13.1. The van der Waals surface area contributed by atoms with Gasteiger partial charge in [-0.25, -0.2) is 5.43 Å². The predicted octanol–water partition coefficient (Wildman–Crippen LogP) is 4.17. The molecule has 1 aromatic heterocycles. The topological polar surface area (TPSA) is 74.8 Å². The molecule has 0 bridgehead atoms. The lowest BCUT2D eigenvalue weighted by Crippen LogP contribution is -2.16. The Bertz CT molecular complexity index is 937. The van der Waals surface area contributed by atoms with E-state index in [1.807, 2.05) is 0 Å². The van der Waals surface area contributed by atoms with E-state index in [-0.39, 0.29) is 11.5 Å². The van der Waals surface area contributed by atoms with Crippen molar-refractivity contribution in [3.63, 3.8) is 0 Å². The second-order valence-electron chi connectivity index (χ2n) is 5.50. The van der Waals surface area contributed by atoms with Crippen molar-refractivity contribution in [1.29, 1.82) is 0 Å². The molecule has 3 rings (SSSR count). The van der Waals surface area contributed by atoms with E-state index in [0.717, 1.165) is 22.1 Å². The van der Waals surface area contributed by atoms with Crippen LogP contribution in [0, 0.1) is 13.8 Å². The predicted molar refractivity (Wildman–Crippen MR) is 93.9 cm³/mol. The molecule has 0 saturated heterocycles. The summed E-state index contributed by atoms with van der Waals surface area (Å²) in [6, 6.07) is 10.3. The fourth-order valence-electron chi connectivity index (χ4n) is 2.41. The highest BCUT2D eigenvalue weighted by Crippen LogP contribution is 2.23. The molecular weight excluding hydrogens is 328 g/mol. The number of halogens is 1. The number of fused-ring (bicyclic) bond motifs is 1. The van der Waals surface area contributed by atoms with Gasteiger partial charge in [-0.1, -0.05) is 11.6 Å². The first-order valence-electron chi connectivity index (χ1n) is 7.27. The average molecular weight is 343 g/mol. The largest absolute Gasteiger partial charge is 0.507 e. The fraction of sp³-hybridized carbons (Fsp3) is 0.111. The van der Waals surface area contributed by atoms with Gasteiger partial charge in [-0.15, -0.1) is 0 Å². The van der Waals surface area contributed by atoms with Gasteiger partial charge < -0.3 is 9.52 Å². The molecule has 0 aliphatic carbocycles. The number of phenolic OH excluding ortho intramolecular Hbond substituents is 1. The number of carbonyl (C=O) groups is 1. The quantitative estimate of drug-likeness (QED) is 0.554. The van der Waals surface area contributed by atoms with Gasteiger partial charge in [-0.3, -0.25) is 4.79 Å². The molecule has 0 radical (unpaired) electrons. The van der Waals surface area contributed by atoms with Crippen molar-refractivity contribution in [3.8, 4) is 5.75 Å². The number of hydrazone groups is 1. The maximum Gasteiger partial charge on any atom is 0.307 e. The van der Waals surface area contributed by atoms with Crippen molar-refractivity contribution in [2.75, 3.05) is 0 Å². The molecule has 122 valence electrons. The smallest absolute Gasteiger partial charge is 0.307 e. The van der Waals surface area contributed by atoms with E-state index < -0.39 is 5.91 Å². The van der Waals surface area contributed by atoms with Crippen LogP contribution in [0.15, 0.2) is 45.9 Å². The highest BCUT2D eigenvalue weighted by atomic mass is 35.5. The van der Waals surface area contributed by atoms with Crippen LogP contribution in [0.4, 0.5) is 0 Å². The third-order valence-electron chi connectivity index (χ3n) is 3.60. The fourth-order valence-corrected chi connectivity index (χ4v) is 2.59. The molecule has 3 aromatic rings. The lowest BCUT2D eigenvalue weighted by atomic mass is 10.1. The zero-order valence-corrected chi connectivity index (χ0v) is 13.9. The van der Waals surface area contributed by atoms with E-state index >= 15 is 0 Å². The lowest BCUT2D eigenvalue weighted by Gasteiger charge is -2.04. The second-order valence-corrected chi connectivity index (χ2v) is 5.93. The van der Waals surface area contributed by atoms with Gasteiger partial charge >= 0.3 is 5.91 Å². The summed E-state index contributed by atoms with van der Waals surface area (Å²) in [6.45, 7) is 3.61. The molecule has 1 amide bonds. The minimum Gasteiger partial charge on any atom is -0.507 e. The van der Waals surface area contributed by atoms with Crippen LogP contribution in [-0.2, 0) is 0 Å². The number of nitrogens with zero attached hydrogens (tertiary/aromatic N) is 1. The van der Waals surface area contributed by atoms with E-state index in [1.165, 1.54) is 6.21 Å². The van der Waals surface area contributed by atoms with E-state index in [9.17, 15) is 9.90 Å².